The molecule has 0 atom stereocenters. The molecule has 22 heavy (non-hydrogen) atoms. The summed E-state index contributed by atoms with van der Waals surface area (Å²) in [7, 11) is 1.80. The molecule has 0 radical (unpaired) electrons. The number of amides is 1. The van der Waals surface area contributed by atoms with Crippen molar-refractivity contribution in [3.05, 3.63) is 0 Å². The predicted octanol–water partition coefficient (Wildman–Crippen LogP) is 2.17. The van der Waals surface area contributed by atoms with Crippen molar-refractivity contribution >= 4 is 47.6 Å². The number of hydrogen-bond acceptors (Lipinski definition) is 3. The van der Waals surface area contributed by atoms with Crippen LogP contribution in [0.4, 0.5) is 0 Å². The second-order valence-corrected chi connectivity index (χ2v) is 8.48. The molecule has 1 aliphatic rings. The molecule has 0 spiro atoms. The molecule has 1 aliphatic heterocycles. The van der Waals surface area contributed by atoms with Gasteiger partial charge in [0.15, 0.2) is 5.96 Å². The van der Waals surface area contributed by atoms with Crippen LogP contribution in [-0.2, 0) is 4.79 Å². The van der Waals surface area contributed by atoms with Gasteiger partial charge in [0.1, 0.15) is 0 Å². The fourth-order valence-corrected chi connectivity index (χ4v) is 3.42. The Morgan fingerprint density at radius 2 is 2.00 bits per heavy atom. The molecule has 1 fully saturated rings. The Hall–Kier alpha value is -0.180. The highest BCUT2D eigenvalue weighted by Gasteiger charge is 2.31. The minimum atomic E-state index is -0.452. The van der Waals surface area contributed by atoms with Gasteiger partial charge in [-0.3, -0.25) is 9.79 Å². The Balaban J connectivity index is 0.00000441. The summed E-state index contributed by atoms with van der Waals surface area (Å²) in [5, 5.41) is 6.25. The number of guanidine groups is 1. The van der Waals surface area contributed by atoms with Gasteiger partial charge in [0.2, 0.25) is 5.91 Å². The smallest absolute Gasteiger partial charge is 0.227 e. The Bertz CT molecular complexity index is 399. The average molecular weight is 442 g/mol. The molecule has 7 heteroatoms. The predicted molar refractivity (Wildman–Crippen MR) is 107 cm³/mol. The number of halogens is 1. The molecule has 0 aliphatic carbocycles. The van der Waals surface area contributed by atoms with Gasteiger partial charge in [-0.05, 0) is 34.6 Å². The standard InChI is InChI=1S/C15H30N4OS.HI/c1-7-17-12(20)14(2,3)10-18-13(16-6)19-8-9-21-15(4,5)11-19;/h7-11H2,1-6H3,(H,16,18)(H,17,20);1H. The zero-order valence-electron chi connectivity index (χ0n) is 14.7. The molecule has 130 valence electrons. The molecule has 1 heterocycles. The van der Waals surface area contributed by atoms with Gasteiger partial charge in [-0.1, -0.05) is 0 Å². The number of hydrogen-bond donors (Lipinski definition) is 2. The topological polar surface area (TPSA) is 56.7 Å². The first kappa shape index (κ1) is 21.8. The van der Waals surface area contributed by atoms with E-state index in [0.29, 0.717) is 13.1 Å². The summed E-state index contributed by atoms with van der Waals surface area (Å²) in [5.41, 5.74) is -0.452. The minimum Gasteiger partial charge on any atom is -0.356 e. The van der Waals surface area contributed by atoms with E-state index in [1.54, 1.807) is 7.05 Å². The lowest BCUT2D eigenvalue weighted by Crippen LogP contribution is -2.53. The van der Waals surface area contributed by atoms with Crippen LogP contribution < -0.4 is 10.6 Å². The molecule has 0 aromatic heterocycles. The molecule has 2 N–H and O–H groups in total. The van der Waals surface area contributed by atoms with Crippen molar-refractivity contribution < 1.29 is 4.79 Å². The van der Waals surface area contributed by atoms with Crippen LogP contribution in [0.25, 0.3) is 0 Å². The van der Waals surface area contributed by atoms with E-state index in [-0.39, 0.29) is 34.6 Å². The van der Waals surface area contributed by atoms with Crippen molar-refractivity contribution in [2.45, 2.75) is 39.4 Å². The summed E-state index contributed by atoms with van der Waals surface area (Å²) in [4.78, 5) is 18.7. The zero-order valence-corrected chi connectivity index (χ0v) is 17.8. The molecule has 1 rings (SSSR count). The third-order valence-corrected chi connectivity index (χ3v) is 4.87. The normalized spacial score (nSPS) is 18.5. The molecule has 0 saturated carbocycles. The third-order valence-electron chi connectivity index (χ3n) is 3.58. The summed E-state index contributed by atoms with van der Waals surface area (Å²) in [6, 6.07) is 0. The lowest BCUT2D eigenvalue weighted by Gasteiger charge is -2.39. The van der Waals surface area contributed by atoms with Crippen molar-refractivity contribution in [3.8, 4) is 0 Å². The first-order valence-corrected chi connectivity index (χ1v) is 8.58. The molecule has 0 unspecified atom stereocenters. The SMILES string of the molecule is CCNC(=O)C(C)(C)CNC(=NC)N1CCSC(C)(C)C1.I. The van der Waals surface area contributed by atoms with Gasteiger partial charge in [-0.25, -0.2) is 0 Å². The van der Waals surface area contributed by atoms with Gasteiger partial charge < -0.3 is 15.5 Å². The lowest BCUT2D eigenvalue weighted by molar-refractivity contribution is -0.128. The van der Waals surface area contributed by atoms with Crippen LogP contribution >= 0.6 is 35.7 Å². The van der Waals surface area contributed by atoms with Gasteiger partial charge in [-0.15, -0.1) is 24.0 Å². The third kappa shape index (κ3) is 6.52. The first-order valence-electron chi connectivity index (χ1n) is 7.60. The van der Waals surface area contributed by atoms with Crippen molar-refractivity contribution in [3.63, 3.8) is 0 Å². The van der Waals surface area contributed by atoms with Gasteiger partial charge in [-0.2, -0.15) is 11.8 Å². The second kappa shape index (κ2) is 9.20. The number of nitrogens with zero attached hydrogens (tertiary/aromatic N) is 2. The number of thioether (sulfide) groups is 1. The van der Waals surface area contributed by atoms with Gasteiger partial charge in [0, 0.05) is 43.7 Å². The highest BCUT2D eigenvalue weighted by atomic mass is 127. The van der Waals surface area contributed by atoms with E-state index in [0.717, 1.165) is 24.8 Å². The molecular formula is C15H31IN4OS. The summed E-state index contributed by atoms with van der Waals surface area (Å²) < 4.78 is 0.241. The Labute approximate surface area is 156 Å². The lowest BCUT2D eigenvalue weighted by atomic mass is 9.92. The van der Waals surface area contributed by atoms with Crippen LogP contribution in [0.5, 0.6) is 0 Å². The van der Waals surface area contributed by atoms with Crippen molar-refractivity contribution in [2.24, 2.45) is 10.4 Å². The quantitative estimate of drug-likeness (QED) is 0.398. The largest absolute Gasteiger partial charge is 0.356 e. The Morgan fingerprint density at radius 1 is 1.36 bits per heavy atom. The van der Waals surface area contributed by atoms with Crippen LogP contribution in [-0.4, -0.2) is 60.5 Å². The minimum absolute atomic E-state index is 0. The summed E-state index contributed by atoms with van der Waals surface area (Å²) >= 11 is 2.00. The Morgan fingerprint density at radius 3 is 2.50 bits per heavy atom. The summed E-state index contributed by atoms with van der Waals surface area (Å²) in [6.07, 6.45) is 0. The first-order chi connectivity index (χ1) is 9.72. The molecule has 0 bridgehead atoms. The molecule has 1 amide bonds. The molecule has 1 saturated heterocycles. The van der Waals surface area contributed by atoms with Crippen LogP contribution in [0.3, 0.4) is 0 Å². The fourth-order valence-electron chi connectivity index (χ4n) is 2.31. The maximum absolute atomic E-state index is 12.0. The second-order valence-electron chi connectivity index (χ2n) is 6.67. The van der Waals surface area contributed by atoms with Gasteiger partial charge in [0.05, 0.1) is 5.41 Å². The highest BCUT2D eigenvalue weighted by molar-refractivity contribution is 14.0. The van der Waals surface area contributed by atoms with Crippen LogP contribution in [0, 0.1) is 5.41 Å². The van der Waals surface area contributed by atoms with Gasteiger partial charge in [0.25, 0.3) is 0 Å². The number of carbonyl (C=O) groups excluding carboxylic acids is 1. The maximum Gasteiger partial charge on any atom is 0.227 e. The number of nitrogens with one attached hydrogen (secondary N) is 2. The summed E-state index contributed by atoms with van der Waals surface area (Å²) in [6.45, 7) is 13.6. The van der Waals surface area contributed by atoms with Crippen molar-refractivity contribution in [2.75, 3.05) is 39.0 Å². The summed E-state index contributed by atoms with van der Waals surface area (Å²) in [5.74, 6) is 2.07. The fraction of sp³-hybridized carbons (Fsp3) is 0.867. The van der Waals surface area contributed by atoms with Gasteiger partial charge >= 0.3 is 0 Å². The van der Waals surface area contributed by atoms with Crippen LogP contribution in [0.15, 0.2) is 4.99 Å². The number of rotatable bonds is 4. The molecule has 5 nitrogen and oxygen atoms in total. The van der Waals surface area contributed by atoms with Crippen LogP contribution in [0.1, 0.15) is 34.6 Å². The van der Waals surface area contributed by atoms with E-state index in [1.165, 1.54) is 0 Å². The van der Waals surface area contributed by atoms with Crippen molar-refractivity contribution in [1.29, 1.82) is 0 Å². The van der Waals surface area contributed by atoms with E-state index in [4.69, 9.17) is 0 Å². The van der Waals surface area contributed by atoms with Crippen LogP contribution in [0.2, 0.25) is 0 Å². The number of carbonyl (C=O) groups is 1. The van der Waals surface area contributed by atoms with E-state index in [9.17, 15) is 4.79 Å². The molecular weight excluding hydrogens is 411 g/mol. The monoisotopic (exact) mass is 442 g/mol. The average Bonchev–Trinajstić information content (AvgIpc) is 2.38. The van der Waals surface area contributed by atoms with E-state index < -0.39 is 5.41 Å². The maximum atomic E-state index is 12.0. The number of aliphatic imine (C=N–C) groups is 1. The highest BCUT2D eigenvalue weighted by Crippen LogP contribution is 2.29. The molecule has 0 aromatic carbocycles. The van der Waals surface area contributed by atoms with Crippen molar-refractivity contribution in [1.82, 2.24) is 15.5 Å². The van der Waals surface area contributed by atoms with E-state index in [1.807, 2.05) is 32.5 Å². The van der Waals surface area contributed by atoms with E-state index in [2.05, 4.69) is 34.4 Å². The zero-order chi connectivity index (χ0) is 16.1. The Kier molecular flexibility index (Phi) is 9.12. The van der Waals surface area contributed by atoms with E-state index >= 15 is 0 Å². The molecule has 0 aromatic rings.